The van der Waals surface area contributed by atoms with Gasteiger partial charge in [-0.1, -0.05) is 133 Å². The van der Waals surface area contributed by atoms with Crippen molar-refractivity contribution in [2.75, 3.05) is 0 Å². The highest BCUT2D eigenvalue weighted by atomic mass is 15.0. The normalized spacial score (nSPS) is 11.6. The summed E-state index contributed by atoms with van der Waals surface area (Å²) in [5.74, 6) is 0.704. The lowest BCUT2D eigenvalue weighted by atomic mass is 9.99. The monoisotopic (exact) mass is 652 g/mol. The molecule has 10 rings (SSSR count). The number of para-hydroxylation sites is 4. The molecule has 10 aromatic rings. The maximum absolute atomic E-state index is 5.36. The van der Waals surface area contributed by atoms with Crippen molar-refractivity contribution in [2.24, 2.45) is 0 Å². The molecule has 0 unspecified atom stereocenters. The second kappa shape index (κ2) is 11.7. The summed E-state index contributed by atoms with van der Waals surface area (Å²) in [5.41, 5.74) is 12.8. The molecule has 0 aliphatic carbocycles. The molecule has 0 radical (unpaired) electrons. The van der Waals surface area contributed by atoms with Crippen LogP contribution in [0.25, 0.3) is 88.9 Å². The SMILES string of the molecule is Cc1c(-c2ccccc2)nc(-c2ccccc2)nc1-c1cc(-n2c3ccccc3c3ccccc32)cc(-n2c3ccccc3c3ccccc32)c1. The van der Waals surface area contributed by atoms with Gasteiger partial charge in [0.15, 0.2) is 5.82 Å². The predicted octanol–water partition coefficient (Wildman–Crippen LogP) is 12.0. The molecule has 0 amide bonds. The summed E-state index contributed by atoms with van der Waals surface area (Å²) in [6.07, 6.45) is 0. The van der Waals surface area contributed by atoms with E-state index in [2.05, 4.69) is 168 Å². The minimum absolute atomic E-state index is 0.704. The highest BCUT2D eigenvalue weighted by Crippen LogP contribution is 2.39. The maximum Gasteiger partial charge on any atom is 0.160 e. The van der Waals surface area contributed by atoms with Gasteiger partial charge in [-0.05, 0) is 49.4 Å². The van der Waals surface area contributed by atoms with Gasteiger partial charge in [0.05, 0.1) is 33.5 Å². The van der Waals surface area contributed by atoms with Crippen LogP contribution in [-0.4, -0.2) is 19.1 Å². The first-order valence-corrected chi connectivity index (χ1v) is 17.3. The molecule has 4 nitrogen and oxygen atoms in total. The molecule has 3 aromatic heterocycles. The predicted molar refractivity (Wildman–Crippen MR) is 212 cm³/mol. The average molecular weight is 653 g/mol. The Bertz CT molecular complexity index is 2680. The minimum Gasteiger partial charge on any atom is -0.309 e. The molecule has 0 N–H and O–H groups in total. The van der Waals surface area contributed by atoms with Crippen LogP contribution >= 0.6 is 0 Å². The van der Waals surface area contributed by atoms with Crippen LogP contribution in [0, 0.1) is 6.92 Å². The van der Waals surface area contributed by atoms with Gasteiger partial charge in [-0.25, -0.2) is 9.97 Å². The number of hydrogen-bond acceptors (Lipinski definition) is 2. The topological polar surface area (TPSA) is 35.6 Å². The molecule has 0 aliphatic heterocycles. The van der Waals surface area contributed by atoms with Crippen molar-refractivity contribution in [2.45, 2.75) is 6.92 Å². The molecule has 0 bridgehead atoms. The number of benzene rings is 7. The van der Waals surface area contributed by atoms with Crippen molar-refractivity contribution >= 4 is 43.6 Å². The molecule has 3 heterocycles. The summed E-state index contributed by atoms with van der Waals surface area (Å²) in [6.45, 7) is 2.15. The fraction of sp³-hybridized carbons (Fsp3) is 0.0213. The number of nitrogens with zero attached hydrogens (tertiary/aromatic N) is 4. The quantitative estimate of drug-likeness (QED) is 0.185. The number of fused-ring (bicyclic) bond motifs is 6. The molecule has 0 fully saturated rings. The molecule has 0 atom stereocenters. The Morgan fingerprint density at radius 2 is 0.706 bits per heavy atom. The lowest BCUT2D eigenvalue weighted by molar-refractivity contribution is 1.12. The van der Waals surface area contributed by atoms with Crippen molar-refractivity contribution in [1.29, 1.82) is 0 Å². The van der Waals surface area contributed by atoms with E-state index in [0.717, 1.165) is 45.0 Å². The van der Waals surface area contributed by atoms with Gasteiger partial charge in [-0.15, -0.1) is 0 Å². The number of rotatable bonds is 5. The Labute approximate surface area is 295 Å². The first-order valence-electron chi connectivity index (χ1n) is 17.3. The van der Waals surface area contributed by atoms with Crippen LogP contribution < -0.4 is 0 Å². The van der Waals surface area contributed by atoms with Crippen LogP contribution in [-0.2, 0) is 0 Å². The van der Waals surface area contributed by atoms with Crippen LogP contribution in [0.3, 0.4) is 0 Å². The molecule has 0 aliphatic rings. The van der Waals surface area contributed by atoms with Crippen molar-refractivity contribution in [3.8, 4) is 45.3 Å². The standard InChI is InChI=1S/C47H32N4/c1-31-45(32-16-4-2-5-17-32)48-47(33-18-6-3-7-19-33)49-46(31)34-28-35(50-41-24-12-8-20-37(41)38-21-9-13-25-42(38)50)30-36(29-34)51-43-26-14-10-22-39(43)40-23-11-15-27-44(40)51/h2-30H,1H3. The Morgan fingerprint density at radius 1 is 0.353 bits per heavy atom. The highest BCUT2D eigenvalue weighted by molar-refractivity contribution is 6.10. The van der Waals surface area contributed by atoms with E-state index >= 15 is 0 Å². The van der Waals surface area contributed by atoms with E-state index in [0.29, 0.717) is 5.82 Å². The van der Waals surface area contributed by atoms with Gasteiger partial charge >= 0.3 is 0 Å². The molecule has 240 valence electrons. The smallest absolute Gasteiger partial charge is 0.160 e. The van der Waals surface area contributed by atoms with E-state index in [1.54, 1.807) is 0 Å². The molecule has 51 heavy (non-hydrogen) atoms. The molecule has 7 aromatic carbocycles. The molecule has 0 spiro atoms. The fourth-order valence-corrected chi connectivity index (χ4v) is 7.78. The zero-order valence-corrected chi connectivity index (χ0v) is 28.0. The zero-order valence-electron chi connectivity index (χ0n) is 28.0. The van der Waals surface area contributed by atoms with E-state index in [1.165, 1.54) is 43.6 Å². The van der Waals surface area contributed by atoms with Crippen LogP contribution in [0.5, 0.6) is 0 Å². The van der Waals surface area contributed by atoms with Gasteiger partial charge in [-0.3, -0.25) is 0 Å². The second-order valence-corrected chi connectivity index (χ2v) is 13.1. The molecular weight excluding hydrogens is 621 g/mol. The summed E-state index contributed by atoms with van der Waals surface area (Å²) < 4.78 is 4.80. The third-order valence-corrected chi connectivity index (χ3v) is 10.1. The van der Waals surface area contributed by atoms with Crippen molar-refractivity contribution in [3.63, 3.8) is 0 Å². The van der Waals surface area contributed by atoms with Gasteiger partial charge in [0, 0.05) is 55.2 Å². The molecule has 0 saturated heterocycles. The largest absolute Gasteiger partial charge is 0.309 e. The van der Waals surface area contributed by atoms with E-state index < -0.39 is 0 Å². The van der Waals surface area contributed by atoms with Gasteiger partial charge in [0.2, 0.25) is 0 Å². The van der Waals surface area contributed by atoms with Crippen LogP contribution in [0.15, 0.2) is 176 Å². The maximum atomic E-state index is 5.36. The van der Waals surface area contributed by atoms with Crippen LogP contribution in [0.4, 0.5) is 0 Å². The van der Waals surface area contributed by atoms with Crippen molar-refractivity contribution in [3.05, 3.63) is 181 Å². The minimum atomic E-state index is 0.704. The number of aromatic nitrogens is 4. The van der Waals surface area contributed by atoms with Gasteiger partial charge in [0.1, 0.15) is 0 Å². The van der Waals surface area contributed by atoms with Gasteiger partial charge in [0.25, 0.3) is 0 Å². The Hall–Kier alpha value is -6.78. The Kier molecular flexibility index (Phi) is 6.68. The summed E-state index contributed by atoms with van der Waals surface area (Å²) in [4.78, 5) is 10.5. The summed E-state index contributed by atoms with van der Waals surface area (Å²) >= 11 is 0. The van der Waals surface area contributed by atoms with E-state index in [4.69, 9.17) is 9.97 Å². The van der Waals surface area contributed by atoms with E-state index in [9.17, 15) is 0 Å². The molecule has 4 heteroatoms. The third-order valence-electron chi connectivity index (χ3n) is 10.1. The second-order valence-electron chi connectivity index (χ2n) is 13.1. The third kappa shape index (κ3) is 4.68. The van der Waals surface area contributed by atoms with E-state index in [-0.39, 0.29) is 0 Å². The fourth-order valence-electron chi connectivity index (χ4n) is 7.78. The Balaban J connectivity index is 1.33. The van der Waals surface area contributed by atoms with Gasteiger partial charge < -0.3 is 9.13 Å². The first-order chi connectivity index (χ1) is 25.2. The summed E-state index contributed by atoms with van der Waals surface area (Å²) in [7, 11) is 0. The average Bonchev–Trinajstić information content (AvgIpc) is 3.72. The molecule has 0 saturated carbocycles. The lowest BCUT2D eigenvalue weighted by Gasteiger charge is -2.18. The summed E-state index contributed by atoms with van der Waals surface area (Å²) in [6, 6.07) is 62.4. The van der Waals surface area contributed by atoms with Crippen LogP contribution in [0.2, 0.25) is 0 Å². The van der Waals surface area contributed by atoms with Crippen LogP contribution in [0.1, 0.15) is 5.56 Å². The lowest BCUT2D eigenvalue weighted by Crippen LogP contribution is -2.03. The van der Waals surface area contributed by atoms with Gasteiger partial charge in [-0.2, -0.15) is 0 Å². The highest BCUT2D eigenvalue weighted by Gasteiger charge is 2.20. The Morgan fingerprint density at radius 3 is 1.14 bits per heavy atom. The van der Waals surface area contributed by atoms with Crippen molar-refractivity contribution < 1.29 is 0 Å². The first kappa shape index (κ1) is 29.2. The summed E-state index contributed by atoms with van der Waals surface area (Å²) in [5, 5.41) is 4.92. The zero-order chi connectivity index (χ0) is 33.9. The molecular formula is C47H32N4. The number of hydrogen-bond donors (Lipinski definition) is 0. The van der Waals surface area contributed by atoms with E-state index in [1.807, 2.05) is 24.3 Å². The van der Waals surface area contributed by atoms with Crippen molar-refractivity contribution in [1.82, 2.24) is 19.1 Å².